The highest BCUT2D eigenvalue weighted by Crippen LogP contribution is 2.10. The fraction of sp³-hybridized carbons (Fsp3) is 0.500. The number of hydrogen-bond donors (Lipinski definition) is 1. The highest BCUT2D eigenvalue weighted by molar-refractivity contribution is 5.09. The van der Waals surface area contributed by atoms with Crippen molar-refractivity contribution in [2.45, 2.75) is 19.4 Å². The van der Waals surface area contributed by atoms with Gasteiger partial charge >= 0.3 is 0 Å². The molecule has 0 radical (unpaired) electrons. The molecule has 0 aliphatic heterocycles. The highest BCUT2D eigenvalue weighted by atomic mass is 15.2. The first-order valence-electron chi connectivity index (χ1n) is 5.84. The second-order valence-corrected chi connectivity index (χ2v) is 4.40. The molecule has 2 heterocycles. The lowest BCUT2D eigenvalue weighted by molar-refractivity contribution is 0.576. The Morgan fingerprint density at radius 2 is 1.88 bits per heavy atom. The zero-order valence-corrected chi connectivity index (χ0v) is 10.6. The van der Waals surface area contributed by atoms with Crippen molar-refractivity contribution in [2.24, 2.45) is 14.1 Å². The molecule has 0 saturated carbocycles. The van der Waals surface area contributed by atoms with Crippen molar-refractivity contribution in [1.29, 1.82) is 0 Å². The summed E-state index contributed by atoms with van der Waals surface area (Å²) in [6, 6.07) is 0.334. The minimum atomic E-state index is 0.334. The van der Waals surface area contributed by atoms with Gasteiger partial charge < -0.3 is 5.32 Å². The smallest absolute Gasteiger partial charge is 0.0537 e. The quantitative estimate of drug-likeness (QED) is 0.839. The molecule has 5 nitrogen and oxygen atoms in total. The van der Waals surface area contributed by atoms with Crippen molar-refractivity contribution >= 4 is 0 Å². The van der Waals surface area contributed by atoms with Crippen LogP contribution in [0.15, 0.2) is 24.8 Å². The lowest BCUT2D eigenvalue weighted by Gasteiger charge is -2.10. The molecule has 0 aromatic carbocycles. The zero-order chi connectivity index (χ0) is 12.3. The maximum absolute atomic E-state index is 4.17. The van der Waals surface area contributed by atoms with Crippen molar-refractivity contribution in [2.75, 3.05) is 6.54 Å². The average Bonchev–Trinajstić information content (AvgIpc) is 2.88. The van der Waals surface area contributed by atoms with Crippen molar-refractivity contribution < 1.29 is 0 Å². The summed E-state index contributed by atoms with van der Waals surface area (Å²) in [5.41, 5.74) is 2.48. The van der Waals surface area contributed by atoms with E-state index < -0.39 is 0 Å². The Bertz CT molecular complexity index is 471. The summed E-state index contributed by atoms with van der Waals surface area (Å²) >= 11 is 0. The van der Waals surface area contributed by atoms with Gasteiger partial charge in [-0.1, -0.05) is 0 Å². The van der Waals surface area contributed by atoms with Crippen molar-refractivity contribution in [1.82, 2.24) is 24.9 Å². The molecular weight excluding hydrogens is 214 g/mol. The van der Waals surface area contributed by atoms with Gasteiger partial charge in [0, 0.05) is 38.1 Å². The highest BCUT2D eigenvalue weighted by Gasteiger charge is 2.06. The van der Waals surface area contributed by atoms with E-state index in [-0.39, 0.29) is 0 Å². The third kappa shape index (κ3) is 3.17. The Labute approximate surface area is 101 Å². The van der Waals surface area contributed by atoms with E-state index in [0.717, 1.165) is 13.0 Å². The second-order valence-electron chi connectivity index (χ2n) is 4.40. The van der Waals surface area contributed by atoms with Gasteiger partial charge in [0.25, 0.3) is 0 Å². The van der Waals surface area contributed by atoms with Crippen LogP contribution in [0, 0.1) is 0 Å². The van der Waals surface area contributed by atoms with Gasteiger partial charge in [-0.25, -0.2) is 0 Å². The van der Waals surface area contributed by atoms with Crippen LogP contribution in [-0.2, 0) is 20.5 Å². The fourth-order valence-corrected chi connectivity index (χ4v) is 1.82. The Kier molecular flexibility index (Phi) is 3.58. The van der Waals surface area contributed by atoms with Crippen LogP contribution in [0.4, 0.5) is 0 Å². The van der Waals surface area contributed by atoms with Gasteiger partial charge in [0.1, 0.15) is 0 Å². The largest absolute Gasteiger partial charge is 0.310 e. The van der Waals surface area contributed by atoms with Gasteiger partial charge in [0.2, 0.25) is 0 Å². The van der Waals surface area contributed by atoms with E-state index >= 15 is 0 Å². The molecule has 5 heteroatoms. The van der Waals surface area contributed by atoms with E-state index in [1.165, 1.54) is 11.1 Å². The van der Waals surface area contributed by atoms with E-state index in [1.807, 2.05) is 42.0 Å². The topological polar surface area (TPSA) is 47.7 Å². The number of aromatic nitrogens is 4. The molecule has 0 fully saturated rings. The number of aryl methyl sites for hydroxylation is 2. The van der Waals surface area contributed by atoms with Crippen LogP contribution < -0.4 is 5.32 Å². The summed E-state index contributed by atoms with van der Waals surface area (Å²) in [5, 5.41) is 11.8. The Hall–Kier alpha value is -1.62. The molecule has 0 spiro atoms. The van der Waals surface area contributed by atoms with Gasteiger partial charge in [-0.15, -0.1) is 0 Å². The molecule has 2 aromatic heterocycles. The molecular formula is C12H19N5. The summed E-state index contributed by atoms with van der Waals surface area (Å²) in [7, 11) is 3.88. The van der Waals surface area contributed by atoms with Crippen LogP contribution in [-0.4, -0.2) is 26.1 Å². The Balaban J connectivity index is 1.78. The third-order valence-electron chi connectivity index (χ3n) is 2.85. The number of nitrogens with zero attached hydrogens (tertiary/aromatic N) is 4. The van der Waals surface area contributed by atoms with Crippen LogP contribution in [0.3, 0.4) is 0 Å². The third-order valence-corrected chi connectivity index (χ3v) is 2.85. The van der Waals surface area contributed by atoms with Crippen molar-refractivity contribution in [3.8, 4) is 0 Å². The fourth-order valence-electron chi connectivity index (χ4n) is 1.82. The number of rotatable bonds is 5. The molecule has 0 aliphatic carbocycles. The molecule has 17 heavy (non-hydrogen) atoms. The minimum absolute atomic E-state index is 0.334. The standard InChI is InChI=1S/C12H19N5/c1-10(12-7-15-17(3)9-12)13-5-4-11-6-14-16(2)8-11/h6-10,13H,4-5H2,1-3H3. The molecule has 2 rings (SSSR count). The van der Waals surface area contributed by atoms with E-state index in [0.29, 0.717) is 6.04 Å². The van der Waals surface area contributed by atoms with Gasteiger partial charge in [0.05, 0.1) is 12.4 Å². The molecule has 92 valence electrons. The molecule has 2 aromatic rings. The van der Waals surface area contributed by atoms with E-state index in [1.54, 1.807) is 0 Å². The van der Waals surface area contributed by atoms with Gasteiger partial charge in [-0.05, 0) is 25.5 Å². The van der Waals surface area contributed by atoms with Gasteiger partial charge in [-0.3, -0.25) is 9.36 Å². The predicted molar refractivity (Wildman–Crippen MR) is 66.5 cm³/mol. The summed E-state index contributed by atoms with van der Waals surface area (Å²) in [5.74, 6) is 0. The van der Waals surface area contributed by atoms with Gasteiger partial charge in [-0.2, -0.15) is 10.2 Å². The van der Waals surface area contributed by atoms with E-state index in [9.17, 15) is 0 Å². The average molecular weight is 233 g/mol. The molecule has 0 saturated heterocycles. The normalized spacial score (nSPS) is 12.9. The molecule has 0 amide bonds. The van der Waals surface area contributed by atoms with Crippen LogP contribution in [0.2, 0.25) is 0 Å². The summed E-state index contributed by atoms with van der Waals surface area (Å²) < 4.78 is 3.66. The minimum Gasteiger partial charge on any atom is -0.310 e. The van der Waals surface area contributed by atoms with Crippen LogP contribution in [0.5, 0.6) is 0 Å². The maximum atomic E-state index is 4.17. The second kappa shape index (κ2) is 5.14. The Morgan fingerprint density at radius 1 is 1.18 bits per heavy atom. The van der Waals surface area contributed by atoms with E-state index in [4.69, 9.17) is 0 Å². The first-order chi connectivity index (χ1) is 8.15. The predicted octanol–water partition coefficient (Wildman–Crippen LogP) is 1.05. The Morgan fingerprint density at radius 3 is 2.47 bits per heavy atom. The first-order valence-corrected chi connectivity index (χ1v) is 5.84. The molecule has 0 aliphatic rings. The lowest BCUT2D eigenvalue weighted by Crippen LogP contribution is -2.20. The lowest BCUT2D eigenvalue weighted by atomic mass is 10.2. The zero-order valence-electron chi connectivity index (χ0n) is 10.6. The maximum Gasteiger partial charge on any atom is 0.0537 e. The van der Waals surface area contributed by atoms with Crippen LogP contribution in [0.1, 0.15) is 24.1 Å². The van der Waals surface area contributed by atoms with Crippen LogP contribution >= 0.6 is 0 Å². The number of nitrogens with one attached hydrogen (secondary N) is 1. The summed E-state index contributed by atoms with van der Waals surface area (Å²) in [6.45, 7) is 3.10. The first kappa shape index (κ1) is 11.9. The monoisotopic (exact) mass is 233 g/mol. The molecule has 1 N–H and O–H groups in total. The molecule has 1 atom stereocenters. The van der Waals surface area contributed by atoms with Gasteiger partial charge in [0.15, 0.2) is 0 Å². The SMILES string of the molecule is CC(NCCc1cnn(C)c1)c1cnn(C)c1. The van der Waals surface area contributed by atoms with Crippen molar-refractivity contribution in [3.63, 3.8) is 0 Å². The molecule has 1 unspecified atom stereocenters. The summed E-state index contributed by atoms with van der Waals surface area (Å²) in [6.07, 6.45) is 8.91. The van der Waals surface area contributed by atoms with Crippen LogP contribution in [0.25, 0.3) is 0 Å². The molecule has 0 bridgehead atoms. The summed E-state index contributed by atoms with van der Waals surface area (Å²) in [4.78, 5) is 0. The van der Waals surface area contributed by atoms with E-state index in [2.05, 4.69) is 28.6 Å². The van der Waals surface area contributed by atoms with Crippen molar-refractivity contribution in [3.05, 3.63) is 35.9 Å². The number of hydrogen-bond acceptors (Lipinski definition) is 3.